The van der Waals surface area contributed by atoms with Gasteiger partial charge in [0.1, 0.15) is 10.1 Å². The summed E-state index contributed by atoms with van der Waals surface area (Å²) in [7, 11) is -2.12. The van der Waals surface area contributed by atoms with E-state index in [0.717, 1.165) is 0 Å². The van der Waals surface area contributed by atoms with Gasteiger partial charge in [-0.15, -0.1) is 0 Å². The van der Waals surface area contributed by atoms with Gasteiger partial charge in [0.2, 0.25) is 5.75 Å². The van der Waals surface area contributed by atoms with E-state index in [1.807, 2.05) is 6.92 Å². The standard InChI is InChI=1S/C14H22O6S/c1-6-8(3)10-13(20-5)11(15)12(19-4)9(7-2)14(10)21(16,17)18/h8,15H,6-7H2,1-5H3,(H,16,17,18)/p-1. The number of methoxy groups -OCH3 is 2. The smallest absolute Gasteiger partial charge is 0.201 e. The van der Waals surface area contributed by atoms with Crippen LogP contribution in [0.25, 0.3) is 0 Å². The van der Waals surface area contributed by atoms with Crippen molar-refractivity contribution >= 4 is 10.1 Å². The highest BCUT2D eigenvalue weighted by Crippen LogP contribution is 2.49. The molecule has 0 amide bonds. The fourth-order valence-corrected chi connectivity index (χ4v) is 3.53. The summed E-state index contributed by atoms with van der Waals surface area (Å²) in [6, 6.07) is 0. The number of hydrogen-bond acceptors (Lipinski definition) is 6. The third-order valence-electron chi connectivity index (χ3n) is 3.58. The summed E-state index contributed by atoms with van der Waals surface area (Å²) in [5.41, 5.74) is 0.395. The Morgan fingerprint density at radius 3 is 2.05 bits per heavy atom. The third kappa shape index (κ3) is 3.08. The molecule has 1 aromatic carbocycles. The van der Waals surface area contributed by atoms with Crippen LogP contribution in [0.3, 0.4) is 0 Å². The minimum absolute atomic E-state index is 0.0205. The van der Waals surface area contributed by atoms with Crippen LogP contribution in [0.15, 0.2) is 4.90 Å². The molecule has 1 N–H and O–H groups in total. The molecule has 0 saturated heterocycles. The minimum atomic E-state index is -4.73. The number of ether oxygens (including phenoxy) is 2. The van der Waals surface area contributed by atoms with Gasteiger partial charge in [0.05, 0.1) is 19.1 Å². The number of phenolic OH excluding ortho intramolecular Hbond substituents is 1. The molecule has 0 aliphatic carbocycles. The Hall–Kier alpha value is -1.47. The molecule has 120 valence electrons. The number of benzene rings is 1. The largest absolute Gasteiger partial charge is 0.744 e. The molecule has 0 fully saturated rings. The first kappa shape index (κ1) is 17.6. The first-order valence-corrected chi connectivity index (χ1v) is 8.10. The fourth-order valence-electron chi connectivity index (χ4n) is 2.43. The average Bonchev–Trinajstić information content (AvgIpc) is 2.43. The van der Waals surface area contributed by atoms with Crippen molar-refractivity contribution in [1.82, 2.24) is 0 Å². The molecule has 6 nitrogen and oxygen atoms in total. The van der Waals surface area contributed by atoms with Gasteiger partial charge in [-0.2, -0.15) is 0 Å². The molecule has 0 aliphatic rings. The Morgan fingerprint density at radius 1 is 1.19 bits per heavy atom. The summed E-state index contributed by atoms with van der Waals surface area (Å²) in [5, 5.41) is 10.3. The Bertz CT molecular complexity index is 621. The summed E-state index contributed by atoms with van der Waals surface area (Å²) >= 11 is 0. The molecule has 0 saturated carbocycles. The van der Waals surface area contributed by atoms with Crippen LogP contribution in [0.5, 0.6) is 17.2 Å². The Kier molecular flexibility index (Phi) is 5.47. The molecule has 0 radical (unpaired) electrons. The van der Waals surface area contributed by atoms with Gasteiger partial charge in [0, 0.05) is 11.1 Å². The normalized spacial score (nSPS) is 13.0. The van der Waals surface area contributed by atoms with Crippen LogP contribution >= 0.6 is 0 Å². The van der Waals surface area contributed by atoms with Gasteiger partial charge >= 0.3 is 0 Å². The molecular formula is C14H21O6S-. The number of hydrogen-bond donors (Lipinski definition) is 1. The molecule has 0 spiro atoms. The minimum Gasteiger partial charge on any atom is -0.744 e. The topological polar surface area (TPSA) is 95.9 Å². The maximum Gasteiger partial charge on any atom is 0.201 e. The van der Waals surface area contributed by atoms with E-state index in [0.29, 0.717) is 6.42 Å². The van der Waals surface area contributed by atoms with Crippen LogP contribution in [0.2, 0.25) is 0 Å². The molecular weight excluding hydrogens is 296 g/mol. The van der Waals surface area contributed by atoms with E-state index in [9.17, 15) is 18.1 Å². The predicted octanol–water partition coefficient (Wildman–Crippen LogP) is 2.39. The maximum atomic E-state index is 11.8. The molecule has 1 rings (SSSR count). The van der Waals surface area contributed by atoms with Crippen molar-refractivity contribution in [3.05, 3.63) is 11.1 Å². The molecule has 0 heterocycles. The quantitative estimate of drug-likeness (QED) is 0.809. The van der Waals surface area contributed by atoms with E-state index < -0.39 is 10.1 Å². The van der Waals surface area contributed by atoms with E-state index in [2.05, 4.69) is 0 Å². The zero-order chi connectivity index (χ0) is 16.4. The van der Waals surface area contributed by atoms with E-state index in [-0.39, 0.29) is 45.6 Å². The highest BCUT2D eigenvalue weighted by atomic mass is 32.2. The van der Waals surface area contributed by atoms with Crippen LogP contribution in [-0.4, -0.2) is 32.3 Å². The SMILES string of the molecule is CCc1c(OC)c(O)c(OC)c(C(C)CC)c1S(=O)(=O)[O-]. The van der Waals surface area contributed by atoms with Crippen LogP contribution in [0.1, 0.15) is 44.2 Å². The molecule has 21 heavy (non-hydrogen) atoms. The van der Waals surface area contributed by atoms with Crippen LogP contribution in [0.4, 0.5) is 0 Å². The number of aromatic hydroxyl groups is 1. The monoisotopic (exact) mass is 317 g/mol. The lowest BCUT2D eigenvalue weighted by Crippen LogP contribution is -2.13. The van der Waals surface area contributed by atoms with Crippen LogP contribution in [0, 0.1) is 0 Å². The molecule has 0 aliphatic heterocycles. The van der Waals surface area contributed by atoms with E-state index in [4.69, 9.17) is 9.47 Å². The van der Waals surface area contributed by atoms with Crippen molar-refractivity contribution in [3.63, 3.8) is 0 Å². The summed E-state index contributed by atoms with van der Waals surface area (Å²) in [6.45, 7) is 5.33. The van der Waals surface area contributed by atoms with Crippen molar-refractivity contribution in [2.45, 2.75) is 44.4 Å². The lowest BCUT2D eigenvalue weighted by atomic mass is 9.93. The van der Waals surface area contributed by atoms with Gasteiger partial charge in [-0.3, -0.25) is 0 Å². The van der Waals surface area contributed by atoms with E-state index >= 15 is 0 Å². The van der Waals surface area contributed by atoms with Crippen LogP contribution < -0.4 is 9.47 Å². The van der Waals surface area contributed by atoms with Gasteiger partial charge in [0.25, 0.3) is 0 Å². The Labute approximate surface area is 125 Å². The molecule has 0 bridgehead atoms. The highest BCUT2D eigenvalue weighted by Gasteiger charge is 2.29. The van der Waals surface area contributed by atoms with Crippen molar-refractivity contribution in [1.29, 1.82) is 0 Å². The Morgan fingerprint density at radius 2 is 1.71 bits per heavy atom. The highest BCUT2D eigenvalue weighted by molar-refractivity contribution is 7.85. The second-order valence-corrected chi connectivity index (χ2v) is 6.07. The van der Waals surface area contributed by atoms with Crippen molar-refractivity contribution in [2.75, 3.05) is 14.2 Å². The van der Waals surface area contributed by atoms with E-state index in [1.54, 1.807) is 13.8 Å². The molecule has 1 unspecified atom stereocenters. The fraction of sp³-hybridized carbons (Fsp3) is 0.571. The van der Waals surface area contributed by atoms with Crippen molar-refractivity contribution in [2.24, 2.45) is 0 Å². The molecule has 0 aromatic heterocycles. The lowest BCUT2D eigenvalue weighted by Gasteiger charge is -2.26. The summed E-state index contributed by atoms with van der Waals surface area (Å²) in [6.07, 6.45) is 0.828. The van der Waals surface area contributed by atoms with Crippen molar-refractivity contribution in [3.8, 4) is 17.2 Å². The van der Waals surface area contributed by atoms with Gasteiger partial charge in [-0.25, -0.2) is 8.42 Å². The molecule has 1 atom stereocenters. The van der Waals surface area contributed by atoms with Crippen LogP contribution in [-0.2, 0) is 16.5 Å². The average molecular weight is 317 g/mol. The molecule has 1 aromatic rings. The van der Waals surface area contributed by atoms with Crippen molar-refractivity contribution < 1.29 is 27.6 Å². The maximum absolute atomic E-state index is 11.8. The predicted molar refractivity (Wildman–Crippen MR) is 77.3 cm³/mol. The second kappa shape index (κ2) is 6.53. The zero-order valence-electron chi connectivity index (χ0n) is 12.9. The van der Waals surface area contributed by atoms with Gasteiger partial charge in [-0.1, -0.05) is 20.8 Å². The van der Waals surface area contributed by atoms with Gasteiger partial charge in [0.15, 0.2) is 11.5 Å². The Balaban J connectivity index is 4.04. The second-order valence-electron chi connectivity index (χ2n) is 4.75. The first-order valence-electron chi connectivity index (χ1n) is 6.69. The summed E-state index contributed by atoms with van der Waals surface area (Å²) < 4.78 is 45.5. The first-order chi connectivity index (χ1) is 9.74. The number of phenols is 1. The van der Waals surface area contributed by atoms with Gasteiger partial charge in [-0.05, 0) is 18.8 Å². The third-order valence-corrected chi connectivity index (χ3v) is 4.55. The molecule has 7 heteroatoms. The zero-order valence-corrected chi connectivity index (χ0v) is 13.7. The lowest BCUT2D eigenvalue weighted by molar-refractivity contribution is 0.329. The van der Waals surface area contributed by atoms with Gasteiger partial charge < -0.3 is 19.1 Å². The summed E-state index contributed by atoms with van der Waals surface area (Å²) in [5.74, 6) is -0.594. The number of rotatable bonds is 6. The summed E-state index contributed by atoms with van der Waals surface area (Å²) in [4.78, 5) is -0.342. The van der Waals surface area contributed by atoms with E-state index in [1.165, 1.54) is 14.2 Å².